The fourth-order valence-corrected chi connectivity index (χ4v) is 2.44. The molecule has 0 bridgehead atoms. The number of phenols is 1. The van der Waals surface area contributed by atoms with E-state index < -0.39 is 0 Å². The molecule has 1 N–H and O–H groups in total. The Morgan fingerprint density at radius 2 is 2.05 bits per heavy atom. The summed E-state index contributed by atoms with van der Waals surface area (Å²) in [6.07, 6.45) is 0.796. The van der Waals surface area contributed by atoms with E-state index in [1.165, 1.54) is 0 Å². The topological polar surface area (TPSA) is 47.3 Å². The van der Waals surface area contributed by atoms with Gasteiger partial charge >= 0.3 is 0 Å². The molecule has 0 aliphatic rings. The number of hydrogen-bond acceptors (Lipinski definition) is 3. The van der Waals surface area contributed by atoms with Gasteiger partial charge in [-0.05, 0) is 38.0 Å². The van der Waals surface area contributed by atoms with Gasteiger partial charge in [0.1, 0.15) is 18.1 Å². The summed E-state index contributed by atoms with van der Waals surface area (Å²) in [6, 6.07) is 5.15. The van der Waals surface area contributed by atoms with Gasteiger partial charge in [0.25, 0.3) is 0 Å². The lowest BCUT2D eigenvalue weighted by atomic mass is 10.2. The van der Waals surface area contributed by atoms with Crippen LogP contribution in [0.1, 0.15) is 30.8 Å². The minimum atomic E-state index is 0.198. The number of aromatic nitrogens is 2. The molecule has 108 valence electrons. The zero-order valence-corrected chi connectivity index (χ0v) is 12.7. The normalized spacial score (nSPS) is 10.8. The van der Waals surface area contributed by atoms with Crippen LogP contribution in [0, 0.1) is 6.92 Å². The second kappa shape index (κ2) is 6.18. The minimum absolute atomic E-state index is 0.198. The highest BCUT2D eigenvalue weighted by Gasteiger charge is 2.14. The van der Waals surface area contributed by atoms with Gasteiger partial charge in [0, 0.05) is 12.6 Å². The molecule has 2 rings (SSSR count). The van der Waals surface area contributed by atoms with E-state index in [0.29, 0.717) is 17.4 Å². The smallest absolute Gasteiger partial charge is 0.131 e. The standard InChI is InChI=1S/C15H19ClN2O2/c1-4-13-15(16)14(18(5-2)17-13)9-20-12-7-10(3)6-11(19)8-12/h6-8,19H,4-5,9H2,1-3H3. The van der Waals surface area contributed by atoms with Gasteiger partial charge in [-0.1, -0.05) is 18.5 Å². The van der Waals surface area contributed by atoms with Crippen LogP contribution in [0.3, 0.4) is 0 Å². The van der Waals surface area contributed by atoms with Crippen LogP contribution >= 0.6 is 11.6 Å². The third-order valence-electron chi connectivity index (χ3n) is 3.11. The molecule has 5 heteroatoms. The number of nitrogens with zero attached hydrogens (tertiary/aromatic N) is 2. The molecular weight excluding hydrogens is 276 g/mol. The molecule has 0 saturated carbocycles. The lowest BCUT2D eigenvalue weighted by Crippen LogP contribution is -2.06. The van der Waals surface area contributed by atoms with E-state index in [0.717, 1.165) is 29.9 Å². The van der Waals surface area contributed by atoms with Crippen molar-refractivity contribution in [3.63, 3.8) is 0 Å². The van der Waals surface area contributed by atoms with E-state index in [2.05, 4.69) is 5.10 Å². The molecular formula is C15H19ClN2O2. The number of rotatable bonds is 5. The van der Waals surface area contributed by atoms with E-state index in [1.54, 1.807) is 12.1 Å². The molecule has 0 atom stereocenters. The SMILES string of the molecule is CCc1nn(CC)c(COc2cc(C)cc(O)c2)c1Cl. The quantitative estimate of drug-likeness (QED) is 0.914. The van der Waals surface area contributed by atoms with Crippen molar-refractivity contribution in [1.29, 1.82) is 0 Å². The van der Waals surface area contributed by atoms with Crippen LogP contribution in [0.25, 0.3) is 0 Å². The van der Waals surface area contributed by atoms with Crippen molar-refractivity contribution in [1.82, 2.24) is 9.78 Å². The van der Waals surface area contributed by atoms with Gasteiger partial charge in [-0.3, -0.25) is 4.68 Å². The van der Waals surface area contributed by atoms with Crippen LogP contribution < -0.4 is 4.74 Å². The van der Waals surface area contributed by atoms with Crippen LogP contribution in [0.5, 0.6) is 11.5 Å². The number of phenolic OH excluding ortho intramolecular Hbond substituents is 1. The molecule has 0 aliphatic heterocycles. The molecule has 0 spiro atoms. The van der Waals surface area contributed by atoms with Crippen molar-refractivity contribution in [3.8, 4) is 11.5 Å². The predicted molar refractivity (Wildman–Crippen MR) is 79.5 cm³/mol. The molecule has 1 aromatic heterocycles. The molecule has 2 aromatic rings. The number of aromatic hydroxyl groups is 1. The molecule has 0 amide bonds. The first kappa shape index (κ1) is 14.7. The molecule has 0 aliphatic carbocycles. The van der Waals surface area contributed by atoms with Gasteiger partial charge in [-0.2, -0.15) is 5.10 Å². The Hall–Kier alpha value is -1.68. The summed E-state index contributed by atoms with van der Waals surface area (Å²) < 4.78 is 7.59. The van der Waals surface area contributed by atoms with E-state index in [9.17, 15) is 5.11 Å². The van der Waals surface area contributed by atoms with E-state index in [1.807, 2.05) is 31.5 Å². The summed E-state index contributed by atoms with van der Waals surface area (Å²) in [5.41, 5.74) is 2.70. The molecule has 20 heavy (non-hydrogen) atoms. The van der Waals surface area contributed by atoms with Crippen molar-refractivity contribution < 1.29 is 9.84 Å². The fourth-order valence-electron chi connectivity index (χ4n) is 2.12. The maximum atomic E-state index is 9.57. The predicted octanol–water partition coefficient (Wildman–Crippen LogP) is 3.71. The van der Waals surface area contributed by atoms with Gasteiger partial charge in [0.05, 0.1) is 16.4 Å². The van der Waals surface area contributed by atoms with Crippen LogP contribution in [0.2, 0.25) is 5.02 Å². The van der Waals surface area contributed by atoms with Crippen molar-refractivity contribution in [2.24, 2.45) is 0 Å². The molecule has 0 radical (unpaired) electrons. The minimum Gasteiger partial charge on any atom is -0.508 e. The fraction of sp³-hybridized carbons (Fsp3) is 0.400. The van der Waals surface area contributed by atoms with Crippen molar-refractivity contribution in [2.45, 2.75) is 40.3 Å². The zero-order chi connectivity index (χ0) is 14.7. The van der Waals surface area contributed by atoms with Gasteiger partial charge < -0.3 is 9.84 Å². The average molecular weight is 295 g/mol. The van der Waals surface area contributed by atoms with Gasteiger partial charge in [0.2, 0.25) is 0 Å². The van der Waals surface area contributed by atoms with E-state index in [-0.39, 0.29) is 5.75 Å². The summed E-state index contributed by atoms with van der Waals surface area (Å²) >= 11 is 6.32. The summed E-state index contributed by atoms with van der Waals surface area (Å²) in [7, 11) is 0. The van der Waals surface area contributed by atoms with Crippen LogP contribution in [0.4, 0.5) is 0 Å². The molecule has 1 aromatic carbocycles. The maximum absolute atomic E-state index is 9.57. The number of hydrogen-bond donors (Lipinski definition) is 1. The Morgan fingerprint density at radius 3 is 2.65 bits per heavy atom. The van der Waals surface area contributed by atoms with E-state index >= 15 is 0 Å². The van der Waals surface area contributed by atoms with Crippen molar-refractivity contribution in [3.05, 3.63) is 40.2 Å². The molecule has 0 fully saturated rings. The van der Waals surface area contributed by atoms with Crippen molar-refractivity contribution >= 4 is 11.6 Å². The van der Waals surface area contributed by atoms with Gasteiger partial charge in [-0.25, -0.2) is 0 Å². The first-order chi connectivity index (χ1) is 9.55. The Bertz CT molecular complexity index is 588. The monoisotopic (exact) mass is 294 g/mol. The van der Waals surface area contributed by atoms with Crippen LogP contribution in [-0.2, 0) is 19.6 Å². The third kappa shape index (κ3) is 3.07. The Morgan fingerprint density at radius 1 is 1.30 bits per heavy atom. The highest BCUT2D eigenvalue weighted by atomic mass is 35.5. The maximum Gasteiger partial charge on any atom is 0.131 e. The Balaban J connectivity index is 2.20. The van der Waals surface area contributed by atoms with Gasteiger partial charge in [-0.15, -0.1) is 0 Å². The third-order valence-corrected chi connectivity index (χ3v) is 3.54. The second-order valence-electron chi connectivity index (χ2n) is 4.67. The number of benzene rings is 1. The Labute approximate surface area is 123 Å². The molecule has 1 heterocycles. The van der Waals surface area contributed by atoms with E-state index in [4.69, 9.17) is 16.3 Å². The summed E-state index contributed by atoms with van der Waals surface area (Å²) in [5.74, 6) is 0.824. The highest BCUT2D eigenvalue weighted by molar-refractivity contribution is 6.31. The summed E-state index contributed by atoms with van der Waals surface area (Å²) in [5, 5.41) is 14.7. The number of ether oxygens (including phenoxy) is 1. The average Bonchev–Trinajstić information content (AvgIpc) is 2.71. The highest BCUT2D eigenvalue weighted by Crippen LogP contribution is 2.25. The first-order valence-electron chi connectivity index (χ1n) is 6.72. The lowest BCUT2D eigenvalue weighted by molar-refractivity contribution is 0.291. The molecule has 0 saturated heterocycles. The van der Waals surface area contributed by atoms with Crippen molar-refractivity contribution in [2.75, 3.05) is 0 Å². The Kier molecular flexibility index (Phi) is 4.55. The van der Waals surface area contributed by atoms with Crippen LogP contribution in [0.15, 0.2) is 18.2 Å². The number of aryl methyl sites for hydroxylation is 3. The first-order valence-corrected chi connectivity index (χ1v) is 7.10. The summed E-state index contributed by atoms with van der Waals surface area (Å²) in [4.78, 5) is 0. The van der Waals surface area contributed by atoms with Crippen LogP contribution in [-0.4, -0.2) is 14.9 Å². The second-order valence-corrected chi connectivity index (χ2v) is 5.05. The number of halogens is 1. The summed E-state index contributed by atoms with van der Waals surface area (Å²) in [6.45, 7) is 7.04. The zero-order valence-electron chi connectivity index (χ0n) is 12.0. The lowest BCUT2D eigenvalue weighted by Gasteiger charge is -2.09. The largest absolute Gasteiger partial charge is 0.508 e. The molecule has 4 nitrogen and oxygen atoms in total. The molecule has 0 unspecified atom stereocenters. The van der Waals surface area contributed by atoms with Gasteiger partial charge in [0.15, 0.2) is 0 Å².